The van der Waals surface area contributed by atoms with Crippen LogP contribution in [0, 0.1) is 0 Å². The zero-order valence-electron chi connectivity index (χ0n) is 17.3. The Morgan fingerprint density at radius 2 is 1.57 bits per heavy atom. The average molecular weight is 426 g/mol. The van der Waals surface area contributed by atoms with Crippen molar-refractivity contribution in [3.05, 3.63) is 52.2 Å². The van der Waals surface area contributed by atoms with Crippen molar-refractivity contribution in [2.24, 2.45) is 0 Å². The third-order valence-corrected chi connectivity index (χ3v) is 6.40. The number of nitrogens with one attached hydrogen (secondary N) is 1. The number of ether oxygens (including phenoxy) is 4. The monoisotopic (exact) mass is 425 g/mol. The van der Waals surface area contributed by atoms with Gasteiger partial charge in [-0.3, -0.25) is 4.79 Å². The van der Waals surface area contributed by atoms with E-state index in [1.165, 1.54) is 0 Å². The molecule has 0 aliphatic carbocycles. The zero-order chi connectivity index (χ0) is 21.3. The number of anilines is 1. The van der Waals surface area contributed by atoms with E-state index >= 15 is 0 Å². The van der Waals surface area contributed by atoms with Gasteiger partial charge in [0.25, 0.3) is 0 Å². The molecule has 3 aromatic rings. The van der Waals surface area contributed by atoms with E-state index in [9.17, 15) is 4.79 Å². The molecule has 0 saturated heterocycles. The second kappa shape index (κ2) is 8.28. The molecule has 7 heteroatoms. The number of carbonyl (C=O) groups is 1. The van der Waals surface area contributed by atoms with E-state index in [2.05, 4.69) is 10.7 Å². The minimum absolute atomic E-state index is 0.0301. The topological polar surface area (TPSA) is 66.0 Å². The van der Waals surface area contributed by atoms with Gasteiger partial charge < -0.3 is 24.3 Å². The van der Waals surface area contributed by atoms with Crippen molar-refractivity contribution in [3.8, 4) is 34.1 Å². The highest BCUT2D eigenvalue weighted by atomic mass is 32.1. The molecule has 1 amide bonds. The number of amides is 1. The Balaban J connectivity index is 1.82. The summed E-state index contributed by atoms with van der Waals surface area (Å²) >= 11 is 1.63. The van der Waals surface area contributed by atoms with E-state index in [-0.39, 0.29) is 11.8 Å². The maximum Gasteiger partial charge on any atom is 0.225 e. The summed E-state index contributed by atoms with van der Waals surface area (Å²) in [4.78, 5) is 13.7. The SMILES string of the molecule is COc1ccc(-c2csc3c2NC(=O)C[C@H]3c2cc(OC)c(OC)cc2OC)cc1. The fraction of sp³-hybridized carbons (Fsp3) is 0.261. The van der Waals surface area contributed by atoms with Crippen LogP contribution in [0.25, 0.3) is 11.1 Å². The second-order valence-corrected chi connectivity index (χ2v) is 7.78. The number of benzene rings is 2. The van der Waals surface area contributed by atoms with Gasteiger partial charge in [-0.05, 0) is 23.8 Å². The van der Waals surface area contributed by atoms with Crippen molar-refractivity contribution in [2.75, 3.05) is 33.8 Å². The number of hydrogen-bond acceptors (Lipinski definition) is 6. The highest BCUT2D eigenvalue weighted by Gasteiger charge is 2.33. The Labute approximate surface area is 179 Å². The molecule has 30 heavy (non-hydrogen) atoms. The third kappa shape index (κ3) is 3.45. The predicted octanol–water partition coefficient (Wildman–Crippen LogP) is 4.92. The molecule has 156 valence electrons. The summed E-state index contributed by atoms with van der Waals surface area (Å²) in [6.45, 7) is 0. The third-order valence-electron chi connectivity index (χ3n) is 5.30. The smallest absolute Gasteiger partial charge is 0.225 e. The standard InChI is InChI=1S/C23H23NO5S/c1-26-14-7-5-13(6-8-14)17-12-30-23-16(10-21(25)24-22(17)23)15-9-19(28-3)20(29-4)11-18(15)27-2/h5-9,11-12,16H,10H2,1-4H3,(H,24,25)/t16-/m0/s1. The van der Waals surface area contributed by atoms with E-state index in [4.69, 9.17) is 18.9 Å². The van der Waals surface area contributed by atoms with Crippen molar-refractivity contribution < 1.29 is 23.7 Å². The molecule has 1 aliphatic rings. The number of hydrogen-bond donors (Lipinski definition) is 1. The molecule has 6 nitrogen and oxygen atoms in total. The van der Waals surface area contributed by atoms with Gasteiger partial charge in [0.15, 0.2) is 11.5 Å². The minimum atomic E-state index is -0.138. The minimum Gasteiger partial charge on any atom is -0.497 e. The van der Waals surface area contributed by atoms with Crippen LogP contribution in [0.5, 0.6) is 23.0 Å². The number of rotatable bonds is 6. The molecular weight excluding hydrogens is 402 g/mol. The largest absolute Gasteiger partial charge is 0.497 e. The summed E-state index contributed by atoms with van der Waals surface area (Å²) in [5, 5.41) is 5.15. The van der Waals surface area contributed by atoms with Crippen LogP contribution in [0.4, 0.5) is 5.69 Å². The molecule has 1 N–H and O–H groups in total. The van der Waals surface area contributed by atoms with E-state index in [0.717, 1.165) is 33.0 Å². The fourth-order valence-corrected chi connectivity index (χ4v) is 4.94. The maximum atomic E-state index is 12.6. The normalized spacial score (nSPS) is 15.2. The summed E-state index contributed by atoms with van der Waals surface area (Å²) in [5.74, 6) is 2.48. The molecule has 0 unspecified atom stereocenters. The number of fused-ring (bicyclic) bond motifs is 1. The van der Waals surface area contributed by atoms with Crippen molar-refractivity contribution in [3.63, 3.8) is 0 Å². The average Bonchev–Trinajstić information content (AvgIpc) is 3.21. The van der Waals surface area contributed by atoms with E-state index < -0.39 is 0 Å². The van der Waals surface area contributed by atoms with Crippen LogP contribution in [0.15, 0.2) is 41.8 Å². The zero-order valence-corrected chi connectivity index (χ0v) is 18.1. The van der Waals surface area contributed by atoms with Gasteiger partial charge in [-0.15, -0.1) is 11.3 Å². The summed E-state index contributed by atoms with van der Waals surface area (Å²) in [5.41, 5.74) is 3.77. The number of thiophene rings is 1. The van der Waals surface area contributed by atoms with E-state index in [1.807, 2.05) is 30.3 Å². The van der Waals surface area contributed by atoms with Gasteiger partial charge in [0, 0.05) is 39.8 Å². The van der Waals surface area contributed by atoms with Gasteiger partial charge >= 0.3 is 0 Å². The highest BCUT2D eigenvalue weighted by Crippen LogP contribution is 2.50. The van der Waals surface area contributed by atoms with Crippen molar-refractivity contribution in [1.82, 2.24) is 0 Å². The van der Waals surface area contributed by atoms with Crippen molar-refractivity contribution >= 4 is 22.9 Å². The summed E-state index contributed by atoms with van der Waals surface area (Å²) in [6, 6.07) is 11.5. The van der Waals surface area contributed by atoms with Crippen LogP contribution in [0.3, 0.4) is 0 Å². The molecule has 4 rings (SSSR count). The first kappa shape index (κ1) is 20.1. The van der Waals surface area contributed by atoms with Gasteiger partial charge in [-0.2, -0.15) is 0 Å². The van der Waals surface area contributed by atoms with E-state index in [0.29, 0.717) is 23.7 Å². The Kier molecular flexibility index (Phi) is 5.55. The van der Waals surface area contributed by atoms with Crippen LogP contribution < -0.4 is 24.3 Å². The van der Waals surface area contributed by atoms with E-state index in [1.54, 1.807) is 45.8 Å². The molecule has 2 heterocycles. The Morgan fingerprint density at radius 1 is 0.900 bits per heavy atom. The molecule has 2 aromatic carbocycles. The molecule has 0 fully saturated rings. The molecule has 1 aromatic heterocycles. The van der Waals surface area contributed by atoms with Gasteiger partial charge in [0.2, 0.25) is 5.91 Å². The quantitative estimate of drug-likeness (QED) is 0.607. The van der Waals surface area contributed by atoms with Crippen LogP contribution in [-0.4, -0.2) is 34.3 Å². The molecule has 0 saturated carbocycles. The van der Waals surface area contributed by atoms with Gasteiger partial charge in [-0.25, -0.2) is 0 Å². The summed E-state index contributed by atoms with van der Waals surface area (Å²) in [6.07, 6.45) is 0.335. The van der Waals surface area contributed by atoms with Crippen LogP contribution in [0.2, 0.25) is 0 Å². The van der Waals surface area contributed by atoms with Gasteiger partial charge in [0.1, 0.15) is 11.5 Å². The van der Waals surface area contributed by atoms with Crippen molar-refractivity contribution in [1.29, 1.82) is 0 Å². The lowest BCUT2D eigenvalue weighted by molar-refractivity contribution is -0.116. The molecular formula is C23H23NO5S. The first-order valence-corrected chi connectivity index (χ1v) is 10.3. The van der Waals surface area contributed by atoms with Crippen molar-refractivity contribution in [2.45, 2.75) is 12.3 Å². The lowest BCUT2D eigenvalue weighted by Gasteiger charge is -2.26. The second-order valence-electron chi connectivity index (χ2n) is 6.87. The predicted molar refractivity (Wildman–Crippen MR) is 117 cm³/mol. The van der Waals surface area contributed by atoms with Crippen LogP contribution >= 0.6 is 11.3 Å². The van der Waals surface area contributed by atoms with Crippen LogP contribution in [-0.2, 0) is 4.79 Å². The van der Waals surface area contributed by atoms with Gasteiger partial charge in [-0.1, -0.05) is 12.1 Å². The molecule has 1 aliphatic heterocycles. The Morgan fingerprint density at radius 3 is 2.20 bits per heavy atom. The summed E-state index contributed by atoms with van der Waals surface area (Å²) in [7, 11) is 6.44. The lowest BCUT2D eigenvalue weighted by Crippen LogP contribution is -2.22. The molecule has 0 bridgehead atoms. The van der Waals surface area contributed by atoms with Gasteiger partial charge in [0.05, 0.1) is 34.1 Å². The Bertz CT molecular complexity index is 1070. The maximum absolute atomic E-state index is 12.6. The first-order valence-electron chi connectivity index (χ1n) is 9.45. The summed E-state index contributed by atoms with van der Waals surface area (Å²) < 4.78 is 21.8. The molecule has 0 spiro atoms. The number of methoxy groups -OCH3 is 4. The lowest BCUT2D eigenvalue weighted by atomic mass is 9.88. The first-order chi connectivity index (χ1) is 14.6. The highest BCUT2D eigenvalue weighted by molar-refractivity contribution is 7.11. The molecule has 1 atom stereocenters. The molecule has 0 radical (unpaired) electrons. The fourth-order valence-electron chi connectivity index (χ4n) is 3.79. The number of carbonyl (C=O) groups excluding carboxylic acids is 1. The Hall–Kier alpha value is -3.19. The van der Waals surface area contributed by atoms with Crippen LogP contribution in [0.1, 0.15) is 22.8 Å².